The number of amides is 1. The van der Waals surface area contributed by atoms with Crippen molar-refractivity contribution in [2.45, 2.75) is 85.2 Å². The highest BCUT2D eigenvalue weighted by molar-refractivity contribution is 6.74. The molecule has 0 fully saturated rings. The van der Waals surface area contributed by atoms with Gasteiger partial charge in [-0.05, 0) is 58.3 Å². The molecule has 0 saturated carbocycles. The Hall–Kier alpha value is -1.40. The van der Waals surface area contributed by atoms with Crippen molar-refractivity contribution in [3.05, 3.63) is 24.3 Å². The fourth-order valence-corrected chi connectivity index (χ4v) is 2.92. The summed E-state index contributed by atoms with van der Waals surface area (Å²) in [6.07, 6.45) is -0.552. The standard InChI is InChI=1S/C21H39NO4Si/c1-15(2)17(14-25-27(11,12)21(8,9)10)22(13-18(23)16(3)4)19(24)26-20(5,6)7/h17H,1,3,13-14H2,2,4-12H3/t17-/m1/s1. The van der Waals surface area contributed by atoms with Gasteiger partial charge in [-0.1, -0.05) is 39.5 Å². The highest BCUT2D eigenvalue weighted by Gasteiger charge is 2.39. The van der Waals surface area contributed by atoms with Gasteiger partial charge in [0.05, 0.1) is 19.2 Å². The largest absolute Gasteiger partial charge is 0.444 e. The van der Waals surface area contributed by atoms with E-state index in [1.165, 1.54) is 4.90 Å². The summed E-state index contributed by atoms with van der Waals surface area (Å²) < 4.78 is 11.8. The Morgan fingerprint density at radius 3 is 1.85 bits per heavy atom. The summed E-state index contributed by atoms with van der Waals surface area (Å²) in [5, 5.41) is 0.0386. The van der Waals surface area contributed by atoms with E-state index in [1.54, 1.807) is 27.7 Å². The monoisotopic (exact) mass is 397 g/mol. The molecular formula is C21H39NO4Si. The van der Waals surface area contributed by atoms with E-state index in [0.717, 1.165) is 5.57 Å². The van der Waals surface area contributed by atoms with E-state index in [9.17, 15) is 9.59 Å². The molecule has 0 saturated heterocycles. The second kappa shape index (κ2) is 9.19. The minimum absolute atomic E-state index is 0.0386. The van der Waals surface area contributed by atoms with E-state index in [0.29, 0.717) is 5.57 Å². The van der Waals surface area contributed by atoms with Gasteiger partial charge in [-0.25, -0.2) is 4.79 Å². The predicted octanol–water partition coefficient (Wildman–Crippen LogP) is 5.34. The third kappa shape index (κ3) is 8.43. The molecule has 0 heterocycles. The topological polar surface area (TPSA) is 55.8 Å². The average molecular weight is 398 g/mol. The number of ketones is 1. The fourth-order valence-electron chi connectivity index (χ4n) is 1.91. The van der Waals surface area contributed by atoms with E-state index in [2.05, 4.69) is 47.0 Å². The van der Waals surface area contributed by atoms with E-state index in [1.807, 2.05) is 6.92 Å². The Balaban J connectivity index is 5.69. The Morgan fingerprint density at radius 1 is 1.04 bits per heavy atom. The molecule has 0 bridgehead atoms. The van der Waals surface area contributed by atoms with Gasteiger partial charge in [0.1, 0.15) is 5.60 Å². The summed E-state index contributed by atoms with van der Waals surface area (Å²) in [4.78, 5) is 26.5. The van der Waals surface area contributed by atoms with Gasteiger partial charge in [0.2, 0.25) is 0 Å². The molecule has 0 N–H and O–H groups in total. The quantitative estimate of drug-likeness (QED) is 0.315. The van der Waals surface area contributed by atoms with E-state index >= 15 is 0 Å². The molecule has 6 heteroatoms. The van der Waals surface area contributed by atoms with Crippen LogP contribution in [-0.2, 0) is 14.0 Å². The second-order valence-electron chi connectivity index (χ2n) is 9.75. The zero-order chi connectivity index (χ0) is 21.8. The van der Waals surface area contributed by atoms with Crippen LogP contribution in [0, 0.1) is 0 Å². The van der Waals surface area contributed by atoms with Crippen LogP contribution in [0.25, 0.3) is 0 Å². The van der Waals surface area contributed by atoms with Gasteiger partial charge in [-0.3, -0.25) is 9.69 Å². The first-order valence-corrected chi connectivity index (χ1v) is 12.3. The first-order valence-electron chi connectivity index (χ1n) is 9.36. The van der Waals surface area contributed by atoms with Crippen molar-refractivity contribution in [3.8, 4) is 0 Å². The molecule has 0 unspecified atom stereocenters. The molecular weight excluding hydrogens is 358 g/mol. The minimum Gasteiger partial charge on any atom is -0.444 e. The van der Waals surface area contributed by atoms with Crippen LogP contribution < -0.4 is 0 Å². The molecule has 5 nitrogen and oxygen atoms in total. The minimum atomic E-state index is -2.03. The Bertz CT molecular complexity index is 582. The number of rotatable bonds is 8. The summed E-state index contributed by atoms with van der Waals surface area (Å²) in [7, 11) is -2.03. The third-order valence-electron chi connectivity index (χ3n) is 4.77. The summed E-state index contributed by atoms with van der Waals surface area (Å²) in [6, 6.07) is -0.447. The van der Waals surface area contributed by atoms with Crippen LogP contribution in [0.15, 0.2) is 24.3 Å². The molecule has 0 aromatic rings. The molecule has 0 radical (unpaired) electrons. The van der Waals surface area contributed by atoms with Gasteiger partial charge in [0, 0.05) is 0 Å². The molecule has 0 aromatic heterocycles. The molecule has 0 aliphatic rings. The Morgan fingerprint density at radius 2 is 1.52 bits per heavy atom. The van der Waals surface area contributed by atoms with Crippen LogP contribution >= 0.6 is 0 Å². The van der Waals surface area contributed by atoms with E-state index < -0.39 is 26.1 Å². The zero-order valence-electron chi connectivity index (χ0n) is 19.0. The summed E-state index contributed by atoms with van der Waals surface area (Å²) >= 11 is 0. The van der Waals surface area contributed by atoms with Gasteiger partial charge in [0.15, 0.2) is 14.1 Å². The van der Waals surface area contributed by atoms with E-state index in [-0.39, 0.29) is 24.0 Å². The van der Waals surface area contributed by atoms with Crippen LogP contribution in [-0.4, -0.2) is 49.9 Å². The number of nitrogens with zero attached hydrogens (tertiary/aromatic N) is 1. The van der Waals surface area contributed by atoms with Crippen molar-refractivity contribution in [2.75, 3.05) is 13.2 Å². The lowest BCUT2D eigenvalue weighted by Gasteiger charge is -2.39. The van der Waals surface area contributed by atoms with Crippen molar-refractivity contribution in [3.63, 3.8) is 0 Å². The maximum Gasteiger partial charge on any atom is 0.411 e. The molecule has 1 atom stereocenters. The SMILES string of the molecule is C=C(C)C(=O)CN(C(=O)OC(C)(C)C)[C@H](CO[Si](C)(C)C(C)(C)C)C(=C)C. The van der Waals surface area contributed by atoms with E-state index in [4.69, 9.17) is 9.16 Å². The average Bonchev–Trinajstić information content (AvgIpc) is 2.42. The molecule has 0 aliphatic heterocycles. The number of ether oxygens (including phenoxy) is 1. The summed E-state index contributed by atoms with van der Waals surface area (Å²) in [6.45, 7) is 27.5. The lowest BCUT2D eigenvalue weighted by molar-refractivity contribution is -0.117. The first kappa shape index (κ1) is 25.6. The molecule has 0 rings (SSSR count). The third-order valence-corrected chi connectivity index (χ3v) is 9.27. The highest BCUT2D eigenvalue weighted by Crippen LogP contribution is 2.37. The van der Waals surface area contributed by atoms with Crippen molar-refractivity contribution in [2.24, 2.45) is 0 Å². The molecule has 0 spiro atoms. The second-order valence-corrected chi connectivity index (χ2v) is 14.6. The number of carbonyl (C=O) groups excluding carboxylic acids is 2. The van der Waals surface area contributed by atoms with Crippen LogP contribution in [0.5, 0.6) is 0 Å². The Kier molecular flexibility index (Phi) is 8.72. The number of hydrogen-bond donors (Lipinski definition) is 0. The van der Waals surface area contributed by atoms with Crippen molar-refractivity contribution in [1.82, 2.24) is 4.90 Å². The maximum absolute atomic E-state index is 12.8. The van der Waals surface area contributed by atoms with Crippen molar-refractivity contribution in [1.29, 1.82) is 0 Å². The molecule has 27 heavy (non-hydrogen) atoms. The number of hydrogen-bond acceptors (Lipinski definition) is 4. The summed E-state index contributed by atoms with van der Waals surface area (Å²) in [5.74, 6) is -0.209. The van der Waals surface area contributed by atoms with Crippen LogP contribution in [0.3, 0.4) is 0 Å². The predicted molar refractivity (Wildman–Crippen MR) is 115 cm³/mol. The molecule has 1 amide bonds. The van der Waals surface area contributed by atoms with Crippen LogP contribution in [0.4, 0.5) is 4.79 Å². The van der Waals surface area contributed by atoms with Gasteiger partial charge in [-0.15, -0.1) is 0 Å². The van der Waals surface area contributed by atoms with Gasteiger partial charge < -0.3 is 9.16 Å². The Labute approximate surface area is 166 Å². The van der Waals surface area contributed by atoms with Crippen LogP contribution in [0.1, 0.15) is 55.4 Å². The highest BCUT2D eigenvalue weighted by atomic mass is 28.4. The van der Waals surface area contributed by atoms with Gasteiger partial charge in [0.25, 0.3) is 0 Å². The normalized spacial score (nSPS) is 13.7. The molecule has 0 aromatic carbocycles. The zero-order valence-corrected chi connectivity index (χ0v) is 20.0. The van der Waals surface area contributed by atoms with Crippen LogP contribution in [0.2, 0.25) is 18.1 Å². The summed E-state index contributed by atoms with van der Waals surface area (Å²) in [5.41, 5.74) is 0.477. The number of Topliss-reactive ketones (excluding diaryl/α,β-unsaturated/α-hetero) is 1. The smallest absolute Gasteiger partial charge is 0.411 e. The van der Waals surface area contributed by atoms with Gasteiger partial charge >= 0.3 is 6.09 Å². The maximum atomic E-state index is 12.8. The molecule has 0 aliphatic carbocycles. The lowest BCUT2D eigenvalue weighted by atomic mass is 10.1. The fraction of sp³-hybridized carbons (Fsp3) is 0.714. The van der Waals surface area contributed by atoms with Crippen molar-refractivity contribution < 1.29 is 18.8 Å². The lowest BCUT2D eigenvalue weighted by Crippen LogP contribution is -2.51. The molecule has 156 valence electrons. The number of carbonyl (C=O) groups is 2. The van der Waals surface area contributed by atoms with Crippen molar-refractivity contribution >= 4 is 20.2 Å². The van der Waals surface area contributed by atoms with Gasteiger partial charge in [-0.2, -0.15) is 0 Å². The first-order chi connectivity index (χ1) is 11.9.